The van der Waals surface area contributed by atoms with E-state index in [9.17, 15) is 0 Å². The molecule has 2 unspecified atom stereocenters. The van der Waals surface area contributed by atoms with Crippen LogP contribution in [0.5, 0.6) is 5.75 Å². The van der Waals surface area contributed by atoms with Gasteiger partial charge in [-0.1, -0.05) is 6.07 Å². The molecule has 0 bridgehead atoms. The molecule has 1 aliphatic rings. The molecule has 2 rings (SSSR count). The van der Waals surface area contributed by atoms with Crippen molar-refractivity contribution in [3.8, 4) is 5.75 Å². The lowest BCUT2D eigenvalue weighted by molar-refractivity contribution is 0.102. The van der Waals surface area contributed by atoms with Crippen LogP contribution in [0.3, 0.4) is 0 Å². The molecule has 1 saturated heterocycles. The van der Waals surface area contributed by atoms with Crippen LogP contribution in [0.25, 0.3) is 0 Å². The number of alkyl halides is 1. The summed E-state index contributed by atoms with van der Waals surface area (Å²) in [6, 6.07) is 6.09. The topological polar surface area (TPSA) is 18.5 Å². The monoisotopic (exact) mass is 268 g/mol. The number of halogens is 1. The second-order valence-electron chi connectivity index (χ2n) is 4.90. The van der Waals surface area contributed by atoms with Crippen LogP contribution in [0.4, 0.5) is 0 Å². The van der Waals surface area contributed by atoms with E-state index < -0.39 is 0 Å². The van der Waals surface area contributed by atoms with Crippen molar-refractivity contribution in [2.24, 2.45) is 0 Å². The first-order valence-electron chi connectivity index (χ1n) is 6.61. The van der Waals surface area contributed by atoms with E-state index in [1.807, 2.05) is 12.1 Å². The lowest BCUT2D eigenvalue weighted by atomic mass is 10.00. The van der Waals surface area contributed by atoms with Crippen molar-refractivity contribution in [3.63, 3.8) is 0 Å². The van der Waals surface area contributed by atoms with Crippen LogP contribution < -0.4 is 4.74 Å². The predicted molar refractivity (Wildman–Crippen MR) is 74.5 cm³/mol. The van der Waals surface area contributed by atoms with Gasteiger partial charge in [0.2, 0.25) is 0 Å². The van der Waals surface area contributed by atoms with Crippen LogP contribution in [-0.4, -0.2) is 19.8 Å². The van der Waals surface area contributed by atoms with Gasteiger partial charge in [-0.2, -0.15) is 0 Å². The molecule has 0 amide bonds. The highest BCUT2D eigenvalue weighted by Crippen LogP contribution is 2.32. The van der Waals surface area contributed by atoms with Crippen molar-refractivity contribution in [3.05, 3.63) is 29.3 Å². The molecular formula is C15H21ClO2. The van der Waals surface area contributed by atoms with Gasteiger partial charge in [0.1, 0.15) is 5.75 Å². The zero-order valence-electron chi connectivity index (χ0n) is 11.1. The Bertz CT molecular complexity index is 386. The van der Waals surface area contributed by atoms with E-state index in [1.54, 1.807) is 7.11 Å². The Kier molecular flexibility index (Phi) is 4.90. The van der Waals surface area contributed by atoms with Crippen molar-refractivity contribution in [1.29, 1.82) is 0 Å². The van der Waals surface area contributed by atoms with Gasteiger partial charge in [-0.25, -0.2) is 0 Å². The van der Waals surface area contributed by atoms with Gasteiger partial charge in [0.15, 0.2) is 0 Å². The van der Waals surface area contributed by atoms with Gasteiger partial charge in [-0.3, -0.25) is 0 Å². The minimum absolute atomic E-state index is 0.0695. The highest BCUT2D eigenvalue weighted by Gasteiger charge is 2.18. The number of benzene rings is 1. The second kappa shape index (κ2) is 6.44. The van der Waals surface area contributed by atoms with Gasteiger partial charge < -0.3 is 9.47 Å². The maximum absolute atomic E-state index is 6.49. The fourth-order valence-electron chi connectivity index (χ4n) is 2.49. The number of hydrogen-bond acceptors (Lipinski definition) is 2. The van der Waals surface area contributed by atoms with Crippen molar-refractivity contribution >= 4 is 11.6 Å². The molecule has 1 heterocycles. The Balaban J connectivity index is 1.93. The molecule has 0 saturated carbocycles. The summed E-state index contributed by atoms with van der Waals surface area (Å²) in [4.78, 5) is 0. The van der Waals surface area contributed by atoms with Crippen molar-refractivity contribution in [2.45, 2.75) is 44.1 Å². The van der Waals surface area contributed by atoms with Crippen molar-refractivity contribution in [2.75, 3.05) is 13.7 Å². The minimum atomic E-state index is 0.0695. The fourth-order valence-corrected chi connectivity index (χ4v) is 2.86. The SMILES string of the molecule is COc1ccc(C(Cl)CCC2CCCO2)c(C)c1. The molecular weight excluding hydrogens is 248 g/mol. The molecule has 0 aliphatic carbocycles. The smallest absolute Gasteiger partial charge is 0.119 e. The van der Waals surface area contributed by atoms with Gasteiger partial charge in [0.25, 0.3) is 0 Å². The molecule has 100 valence electrons. The third-order valence-electron chi connectivity index (χ3n) is 3.58. The van der Waals surface area contributed by atoms with E-state index in [0.717, 1.165) is 25.2 Å². The first kappa shape index (κ1) is 13.7. The Hall–Kier alpha value is -0.730. The van der Waals surface area contributed by atoms with Crippen molar-refractivity contribution in [1.82, 2.24) is 0 Å². The van der Waals surface area contributed by atoms with E-state index in [0.29, 0.717) is 6.10 Å². The molecule has 1 aromatic carbocycles. The molecule has 0 spiro atoms. The molecule has 1 aromatic rings. The average Bonchev–Trinajstić information content (AvgIpc) is 2.88. The summed E-state index contributed by atoms with van der Waals surface area (Å²) >= 11 is 6.49. The van der Waals surface area contributed by atoms with E-state index in [4.69, 9.17) is 21.1 Å². The lowest BCUT2D eigenvalue weighted by Gasteiger charge is -2.16. The van der Waals surface area contributed by atoms with Crippen LogP contribution in [-0.2, 0) is 4.74 Å². The minimum Gasteiger partial charge on any atom is -0.497 e. The summed E-state index contributed by atoms with van der Waals surface area (Å²) in [5.41, 5.74) is 2.40. The lowest BCUT2D eigenvalue weighted by Crippen LogP contribution is -2.06. The van der Waals surface area contributed by atoms with Crippen LogP contribution in [0.1, 0.15) is 42.2 Å². The molecule has 18 heavy (non-hydrogen) atoms. The molecule has 1 fully saturated rings. The number of methoxy groups -OCH3 is 1. The van der Waals surface area contributed by atoms with Crippen LogP contribution >= 0.6 is 11.6 Å². The van der Waals surface area contributed by atoms with Crippen LogP contribution in [0.2, 0.25) is 0 Å². The molecule has 2 atom stereocenters. The van der Waals surface area contributed by atoms with Crippen molar-refractivity contribution < 1.29 is 9.47 Å². The number of rotatable bonds is 5. The van der Waals surface area contributed by atoms with Crippen LogP contribution in [0.15, 0.2) is 18.2 Å². The standard InChI is InChI=1S/C15H21ClO2/c1-11-10-13(17-2)5-7-14(11)15(16)8-6-12-4-3-9-18-12/h5,7,10,12,15H,3-4,6,8-9H2,1-2H3. The molecule has 1 aliphatic heterocycles. The molecule has 0 N–H and O–H groups in total. The zero-order chi connectivity index (χ0) is 13.0. The van der Waals surface area contributed by atoms with E-state index in [-0.39, 0.29) is 5.38 Å². The summed E-state index contributed by atoms with van der Waals surface area (Å²) in [6.45, 7) is 3.00. The Morgan fingerprint density at radius 3 is 2.94 bits per heavy atom. The second-order valence-corrected chi connectivity index (χ2v) is 5.43. The number of aryl methyl sites for hydroxylation is 1. The van der Waals surface area contributed by atoms with Gasteiger partial charge in [-0.05, 0) is 55.9 Å². The molecule has 3 heteroatoms. The Morgan fingerprint density at radius 1 is 1.50 bits per heavy atom. The fraction of sp³-hybridized carbons (Fsp3) is 0.600. The predicted octanol–water partition coefficient (Wildman–Crippen LogP) is 4.24. The summed E-state index contributed by atoms with van der Waals surface area (Å²) in [5, 5.41) is 0.0695. The third-order valence-corrected chi connectivity index (χ3v) is 4.03. The molecule has 0 aromatic heterocycles. The van der Waals surface area contributed by atoms with Gasteiger partial charge in [-0.15, -0.1) is 11.6 Å². The molecule has 2 nitrogen and oxygen atoms in total. The number of ether oxygens (including phenoxy) is 2. The molecule has 0 radical (unpaired) electrons. The van der Waals surface area contributed by atoms with Gasteiger partial charge in [0, 0.05) is 6.61 Å². The Morgan fingerprint density at radius 2 is 2.33 bits per heavy atom. The number of hydrogen-bond donors (Lipinski definition) is 0. The zero-order valence-corrected chi connectivity index (χ0v) is 11.9. The Labute approximate surface area is 114 Å². The summed E-state index contributed by atoms with van der Waals surface area (Å²) in [7, 11) is 1.68. The summed E-state index contributed by atoms with van der Waals surface area (Å²) in [5.74, 6) is 0.888. The maximum atomic E-state index is 6.49. The van der Waals surface area contributed by atoms with Gasteiger partial charge in [0.05, 0.1) is 18.6 Å². The first-order valence-corrected chi connectivity index (χ1v) is 7.04. The van der Waals surface area contributed by atoms with E-state index >= 15 is 0 Å². The normalized spacial score (nSPS) is 20.9. The average molecular weight is 269 g/mol. The first-order chi connectivity index (χ1) is 8.70. The van der Waals surface area contributed by atoms with E-state index in [1.165, 1.54) is 24.0 Å². The van der Waals surface area contributed by atoms with Crippen LogP contribution in [0, 0.1) is 6.92 Å². The third kappa shape index (κ3) is 3.39. The highest BCUT2D eigenvalue weighted by molar-refractivity contribution is 6.20. The summed E-state index contributed by atoms with van der Waals surface area (Å²) < 4.78 is 10.8. The summed E-state index contributed by atoms with van der Waals surface area (Å²) in [6.07, 6.45) is 4.83. The maximum Gasteiger partial charge on any atom is 0.119 e. The largest absolute Gasteiger partial charge is 0.497 e. The van der Waals surface area contributed by atoms with E-state index in [2.05, 4.69) is 13.0 Å². The highest BCUT2D eigenvalue weighted by atomic mass is 35.5. The van der Waals surface area contributed by atoms with Gasteiger partial charge >= 0.3 is 0 Å². The quantitative estimate of drug-likeness (QED) is 0.744.